The number of aromatic nitrogens is 2. The van der Waals surface area contributed by atoms with E-state index in [1.807, 2.05) is 0 Å². The molecule has 0 aliphatic rings. The van der Waals surface area contributed by atoms with Crippen LogP contribution < -0.4 is 5.32 Å². The monoisotopic (exact) mass is 279 g/mol. The molecule has 0 unspecified atom stereocenters. The number of rotatable bonds is 4. The van der Waals surface area contributed by atoms with Crippen molar-refractivity contribution in [3.05, 3.63) is 47.1 Å². The molecule has 1 heterocycles. The molecule has 1 aromatic heterocycles. The zero-order valence-corrected chi connectivity index (χ0v) is 11.6. The van der Waals surface area contributed by atoms with Gasteiger partial charge in [-0.1, -0.05) is 25.4 Å². The summed E-state index contributed by atoms with van der Waals surface area (Å²) in [5.41, 5.74) is 1.47. The minimum absolute atomic E-state index is 0.104. The fraction of sp³-hybridized carbons (Fsp3) is 0.286. The summed E-state index contributed by atoms with van der Waals surface area (Å²) in [5.74, 6) is 0.665. The van der Waals surface area contributed by atoms with Crippen LogP contribution >= 0.6 is 11.6 Å². The molecule has 5 heteroatoms. The summed E-state index contributed by atoms with van der Waals surface area (Å²) in [6.45, 7) is 4.22. The van der Waals surface area contributed by atoms with Crippen molar-refractivity contribution in [1.82, 2.24) is 9.97 Å². The Kier molecular flexibility index (Phi) is 4.32. The molecule has 19 heavy (non-hydrogen) atoms. The second-order valence-electron chi connectivity index (χ2n) is 4.70. The fourth-order valence-corrected chi connectivity index (χ4v) is 1.84. The Balaban J connectivity index is 2.25. The van der Waals surface area contributed by atoms with Crippen LogP contribution in [0.5, 0.6) is 0 Å². The smallest absolute Gasteiger partial charge is 0.152 e. The summed E-state index contributed by atoms with van der Waals surface area (Å²) in [4.78, 5) is 8.56. The van der Waals surface area contributed by atoms with E-state index in [0.717, 1.165) is 12.1 Å². The van der Waals surface area contributed by atoms with Gasteiger partial charge in [-0.2, -0.15) is 0 Å². The van der Waals surface area contributed by atoms with Gasteiger partial charge >= 0.3 is 0 Å². The second kappa shape index (κ2) is 5.97. The molecule has 2 aromatic rings. The zero-order chi connectivity index (χ0) is 13.8. The van der Waals surface area contributed by atoms with Gasteiger partial charge in [-0.25, -0.2) is 9.37 Å². The molecule has 0 spiro atoms. The van der Waals surface area contributed by atoms with Crippen LogP contribution in [0.25, 0.3) is 0 Å². The van der Waals surface area contributed by atoms with E-state index in [-0.39, 0.29) is 5.02 Å². The molecular formula is C14H15ClFN3. The van der Waals surface area contributed by atoms with Crippen LogP contribution in [0.15, 0.2) is 30.6 Å². The Bertz CT molecular complexity index is 572. The molecule has 0 bridgehead atoms. The Morgan fingerprint density at radius 2 is 2.00 bits per heavy atom. The molecule has 0 atom stereocenters. The van der Waals surface area contributed by atoms with Gasteiger partial charge < -0.3 is 5.32 Å². The standard InChI is InChI=1S/C14H15ClFN3/c1-9(2)7-13-14(18-6-5-17-13)19-10-3-4-11(15)12(16)8-10/h3-6,8-9H,7H2,1-2H3,(H,18,19). The Hall–Kier alpha value is -1.68. The van der Waals surface area contributed by atoms with Crippen LogP contribution in [0, 0.1) is 11.7 Å². The lowest BCUT2D eigenvalue weighted by Crippen LogP contribution is -2.04. The van der Waals surface area contributed by atoms with Crippen molar-refractivity contribution in [3.8, 4) is 0 Å². The lowest BCUT2D eigenvalue weighted by atomic mass is 10.1. The molecule has 2 rings (SSSR count). The third kappa shape index (κ3) is 3.64. The van der Waals surface area contributed by atoms with Crippen molar-refractivity contribution in [2.24, 2.45) is 5.92 Å². The number of nitrogens with one attached hydrogen (secondary N) is 1. The summed E-state index contributed by atoms with van der Waals surface area (Å²) in [6.07, 6.45) is 4.08. The molecule has 0 saturated heterocycles. The molecule has 100 valence electrons. The Morgan fingerprint density at radius 3 is 2.68 bits per heavy atom. The first-order valence-corrected chi connectivity index (χ1v) is 6.46. The van der Waals surface area contributed by atoms with Crippen LogP contribution in [-0.2, 0) is 6.42 Å². The number of hydrogen-bond donors (Lipinski definition) is 1. The van der Waals surface area contributed by atoms with E-state index in [1.54, 1.807) is 18.5 Å². The zero-order valence-electron chi connectivity index (χ0n) is 10.8. The molecule has 3 nitrogen and oxygen atoms in total. The summed E-state index contributed by atoms with van der Waals surface area (Å²) < 4.78 is 13.4. The van der Waals surface area contributed by atoms with Crippen molar-refractivity contribution in [2.75, 3.05) is 5.32 Å². The van der Waals surface area contributed by atoms with Gasteiger partial charge in [0.05, 0.1) is 10.7 Å². The number of halogens is 2. The highest BCUT2D eigenvalue weighted by Crippen LogP contribution is 2.23. The molecule has 0 aliphatic carbocycles. The largest absolute Gasteiger partial charge is 0.339 e. The first-order valence-electron chi connectivity index (χ1n) is 6.08. The SMILES string of the molecule is CC(C)Cc1nccnc1Nc1ccc(Cl)c(F)c1. The van der Waals surface area contributed by atoms with E-state index in [9.17, 15) is 4.39 Å². The second-order valence-corrected chi connectivity index (χ2v) is 5.11. The highest BCUT2D eigenvalue weighted by molar-refractivity contribution is 6.30. The van der Waals surface area contributed by atoms with Gasteiger partial charge in [-0.3, -0.25) is 4.98 Å². The topological polar surface area (TPSA) is 37.8 Å². The van der Waals surface area contributed by atoms with Crippen LogP contribution in [0.4, 0.5) is 15.9 Å². The van der Waals surface area contributed by atoms with Gasteiger partial charge in [-0.15, -0.1) is 0 Å². The van der Waals surface area contributed by atoms with E-state index in [1.165, 1.54) is 12.1 Å². The van der Waals surface area contributed by atoms with Crippen molar-refractivity contribution < 1.29 is 4.39 Å². The van der Waals surface area contributed by atoms with Crippen LogP contribution in [0.1, 0.15) is 19.5 Å². The van der Waals surface area contributed by atoms with Gasteiger partial charge in [0.2, 0.25) is 0 Å². The third-order valence-corrected chi connectivity index (χ3v) is 2.86. The molecule has 1 N–H and O–H groups in total. The normalized spacial score (nSPS) is 10.8. The summed E-state index contributed by atoms with van der Waals surface area (Å²) in [7, 11) is 0. The maximum atomic E-state index is 13.4. The van der Waals surface area contributed by atoms with Gasteiger partial charge in [0.15, 0.2) is 5.82 Å². The summed E-state index contributed by atoms with van der Waals surface area (Å²) >= 11 is 5.65. The lowest BCUT2D eigenvalue weighted by molar-refractivity contribution is 0.628. The van der Waals surface area contributed by atoms with E-state index in [0.29, 0.717) is 17.4 Å². The van der Waals surface area contributed by atoms with E-state index in [4.69, 9.17) is 11.6 Å². The molecule has 0 fully saturated rings. The summed E-state index contributed by atoms with van der Waals surface area (Å²) in [5, 5.41) is 3.18. The maximum absolute atomic E-state index is 13.4. The molecule has 0 amide bonds. The number of nitrogens with zero attached hydrogens (tertiary/aromatic N) is 2. The van der Waals surface area contributed by atoms with E-state index in [2.05, 4.69) is 29.1 Å². The van der Waals surface area contributed by atoms with Gasteiger partial charge in [0, 0.05) is 18.1 Å². The number of anilines is 2. The Morgan fingerprint density at radius 1 is 1.26 bits per heavy atom. The van der Waals surface area contributed by atoms with Crippen molar-refractivity contribution in [3.63, 3.8) is 0 Å². The quantitative estimate of drug-likeness (QED) is 0.911. The average Bonchev–Trinajstić information content (AvgIpc) is 2.36. The van der Waals surface area contributed by atoms with Crippen LogP contribution in [0.2, 0.25) is 5.02 Å². The lowest BCUT2D eigenvalue weighted by Gasteiger charge is -2.11. The molecule has 0 saturated carbocycles. The fourth-order valence-electron chi connectivity index (χ4n) is 1.72. The number of benzene rings is 1. The minimum atomic E-state index is -0.457. The third-order valence-electron chi connectivity index (χ3n) is 2.56. The number of hydrogen-bond acceptors (Lipinski definition) is 3. The Labute approximate surface area is 116 Å². The van der Waals surface area contributed by atoms with Gasteiger partial charge in [0.25, 0.3) is 0 Å². The average molecular weight is 280 g/mol. The highest BCUT2D eigenvalue weighted by atomic mass is 35.5. The van der Waals surface area contributed by atoms with Crippen molar-refractivity contribution in [1.29, 1.82) is 0 Å². The van der Waals surface area contributed by atoms with Gasteiger partial charge in [-0.05, 0) is 30.5 Å². The van der Waals surface area contributed by atoms with Crippen molar-refractivity contribution >= 4 is 23.1 Å². The first kappa shape index (κ1) is 13.7. The minimum Gasteiger partial charge on any atom is -0.339 e. The molecule has 1 aromatic carbocycles. The predicted molar refractivity (Wildman–Crippen MR) is 75.3 cm³/mol. The van der Waals surface area contributed by atoms with Crippen molar-refractivity contribution in [2.45, 2.75) is 20.3 Å². The van der Waals surface area contributed by atoms with Crippen LogP contribution in [-0.4, -0.2) is 9.97 Å². The first-order chi connectivity index (χ1) is 9.06. The van der Waals surface area contributed by atoms with E-state index >= 15 is 0 Å². The summed E-state index contributed by atoms with van der Waals surface area (Å²) in [6, 6.07) is 4.56. The van der Waals surface area contributed by atoms with Gasteiger partial charge in [0.1, 0.15) is 5.82 Å². The molecule has 0 aliphatic heterocycles. The maximum Gasteiger partial charge on any atom is 0.152 e. The predicted octanol–water partition coefficient (Wildman–Crippen LogP) is 4.21. The highest BCUT2D eigenvalue weighted by Gasteiger charge is 2.08. The van der Waals surface area contributed by atoms with E-state index < -0.39 is 5.82 Å². The molecule has 0 radical (unpaired) electrons. The molecular weight excluding hydrogens is 265 g/mol. The van der Waals surface area contributed by atoms with Crippen LogP contribution in [0.3, 0.4) is 0 Å².